The van der Waals surface area contributed by atoms with Crippen LogP contribution in [0.1, 0.15) is 12.2 Å². The van der Waals surface area contributed by atoms with Crippen molar-refractivity contribution in [2.24, 2.45) is 10.2 Å². The van der Waals surface area contributed by atoms with Crippen LogP contribution in [0.2, 0.25) is 0 Å². The zero-order chi connectivity index (χ0) is 13.8. The second-order valence-electron chi connectivity index (χ2n) is 3.46. The van der Waals surface area contributed by atoms with Crippen molar-refractivity contribution in [3.63, 3.8) is 0 Å². The first-order valence-corrected chi connectivity index (χ1v) is 7.04. The molecule has 1 aromatic heterocycles. The van der Waals surface area contributed by atoms with Gasteiger partial charge in [0.2, 0.25) is 5.91 Å². The summed E-state index contributed by atoms with van der Waals surface area (Å²) in [6.45, 7) is 0. The molecule has 0 bridgehead atoms. The van der Waals surface area contributed by atoms with E-state index in [4.69, 9.17) is 4.42 Å². The molecule has 2 heterocycles. The molecule has 100 valence electrons. The van der Waals surface area contributed by atoms with Gasteiger partial charge in [0.05, 0.1) is 11.5 Å². The fraction of sp³-hybridized carbons (Fsp3) is 0.200. The monoisotopic (exact) mass is 392 g/mol. The number of halogens is 1. The SMILES string of the molecule is O=C([O-])C[C@H]1S/C(=N\N=C/c2ccc(I)o2)NC1=O. The maximum absolute atomic E-state index is 11.4. The van der Waals surface area contributed by atoms with Crippen LogP contribution in [0.15, 0.2) is 26.8 Å². The number of amides is 1. The number of thioether (sulfide) groups is 1. The summed E-state index contributed by atoms with van der Waals surface area (Å²) in [6, 6.07) is 3.50. The van der Waals surface area contributed by atoms with Crippen LogP contribution in [-0.2, 0) is 9.59 Å². The van der Waals surface area contributed by atoms with Gasteiger partial charge in [-0.05, 0) is 34.7 Å². The first kappa shape index (κ1) is 14.1. The van der Waals surface area contributed by atoms with Gasteiger partial charge in [0.15, 0.2) is 8.93 Å². The predicted octanol–water partition coefficient (Wildman–Crippen LogP) is -0.0543. The molecular formula is C10H7IN3O4S-. The molecule has 2 rings (SSSR count). The number of nitrogens with zero attached hydrogens (tertiary/aromatic N) is 2. The molecule has 0 unspecified atom stereocenters. The van der Waals surface area contributed by atoms with Gasteiger partial charge in [-0.15, -0.1) is 5.10 Å². The third kappa shape index (κ3) is 4.06. The Kier molecular flexibility index (Phi) is 4.58. The predicted molar refractivity (Wildman–Crippen MR) is 75.6 cm³/mol. The van der Waals surface area contributed by atoms with Crippen LogP contribution < -0.4 is 10.4 Å². The van der Waals surface area contributed by atoms with Crippen LogP contribution in [0.25, 0.3) is 0 Å². The minimum absolute atomic E-state index is 0.258. The van der Waals surface area contributed by atoms with E-state index in [2.05, 4.69) is 15.5 Å². The highest BCUT2D eigenvalue weighted by atomic mass is 127. The molecule has 0 radical (unpaired) electrons. The van der Waals surface area contributed by atoms with E-state index in [1.165, 1.54) is 6.21 Å². The van der Waals surface area contributed by atoms with E-state index in [1.807, 2.05) is 22.6 Å². The lowest BCUT2D eigenvalue weighted by molar-refractivity contribution is -0.305. The lowest BCUT2D eigenvalue weighted by Crippen LogP contribution is -2.31. The molecule has 0 saturated carbocycles. The van der Waals surface area contributed by atoms with E-state index < -0.39 is 17.1 Å². The van der Waals surface area contributed by atoms with Gasteiger partial charge in [-0.3, -0.25) is 4.79 Å². The molecule has 1 saturated heterocycles. The molecule has 1 N–H and O–H groups in total. The number of aliphatic carboxylic acids is 1. The lowest BCUT2D eigenvalue weighted by atomic mass is 10.3. The van der Waals surface area contributed by atoms with E-state index in [1.54, 1.807) is 12.1 Å². The van der Waals surface area contributed by atoms with Crippen LogP contribution in [0.4, 0.5) is 0 Å². The van der Waals surface area contributed by atoms with Gasteiger partial charge < -0.3 is 19.6 Å². The molecule has 1 atom stereocenters. The number of hydrogen-bond donors (Lipinski definition) is 1. The Morgan fingerprint density at radius 3 is 3.05 bits per heavy atom. The average molecular weight is 392 g/mol. The second-order valence-corrected chi connectivity index (χ2v) is 5.72. The highest BCUT2D eigenvalue weighted by Gasteiger charge is 2.30. The fourth-order valence-electron chi connectivity index (χ4n) is 1.27. The summed E-state index contributed by atoms with van der Waals surface area (Å²) in [5.41, 5.74) is 0. The Balaban J connectivity index is 1.96. The molecule has 1 aliphatic heterocycles. The lowest BCUT2D eigenvalue weighted by Gasteiger charge is -2.04. The number of carbonyl (C=O) groups is 2. The van der Waals surface area contributed by atoms with Gasteiger partial charge in [0, 0.05) is 12.4 Å². The van der Waals surface area contributed by atoms with E-state index >= 15 is 0 Å². The number of rotatable bonds is 4. The van der Waals surface area contributed by atoms with E-state index in [0.29, 0.717) is 5.76 Å². The van der Waals surface area contributed by atoms with Crippen molar-refractivity contribution in [3.8, 4) is 0 Å². The molecule has 0 aromatic carbocycles. The summed E-state index contributed by atoms with van der Waals surface area (Å²) >= 11 is 3.03. The molecule has 1 amide bonds. The summed E-state index contributed by atoms with van der Waals surface area (Å²) in [5, 5.41) is 19.9. The highest BCUT2D eigenvalue weighted by Crippen LogP contribution is 2.21. The average Bonchev–Trinajstić information content (AvgIpc) is 2.86. The quantitative estimate of drug-likeness (QED) is 0.439. The molecule has 0 aliphatic carbocycles. The van der Waals surface area contributed by atoms with Gasteiger partial charge in [0.1, 0.15) is 5.76 Å². The number of carbonyl (C=O) groups excluding carboxylic acids is 2. The van der Waals surface area contributed by atoms with Crippen LogP contribution >= 0.6 is 34.4 Å². The summed E-state index contributed by atoms with van der Waals surface area (Å²) in [7, 11) is 0. The number of hydrogen-bond acceptors (Lipinski definition) is 7. The van der Waals surface area contributed by atoms with Crippen LogP contribution in [0.3, 0.4) is 0 Å². The molecule has 1 aromatic rings. The van der Waals surface area contributed by atoms with Gasteiger partial charge in [-0.1, -0.05) is 11.8 Å². The van der Waals surface area contributed by atoms with Gasteiger partial charge in [-0.2, -0.15) is 5.10 Å². The number of nitrogens with one attached hydrogen (secondary N) is 1. The van der Waals surface area contributed by atoms with E-state index in [9.17, 15) is 14.7 Å². The zero-order valence-electron chi connectivity index (χ0n) is 9.33. The molecule has 0 spiro atoms. The largest absolute Gasteiger partial charge is 0.550 e. The first-order valence-electron chi connectivity index (χ1n) is 5.08. The fourth-order valence-corrected chi connectivity index (χ4v) is 2.62. The Hall–Kier alpha value is -1.36. The van der Waals surface area contributed by atoms with Gasteiger partial charge >= 0.3 is 0 Å². The van der Waals surface area contributed by atoms with Crippen molar-refractivity contribution in [3.05, 3.63) is 21.7 Å². The summed E-state index contributed by atoms with van der Waals surface area (Å²) < 4.78 is 5.96. The van der Waals surface area contributed by atoms with Crippen molar-refractivity contribution >= 4 is 57.6 Å². The summed E-state index contributed by atoms with van der Waals surface area (Å²) in [6.07, 6.45) is 1.05. The molecule has 9 heteroatoms. The first-order chi connectivity index (χ1) is 9.04. The van der Waals surface area contributed by atoms with Crippen molar-refractivity contribution < 1.29 is 19.1 Å². The Bertz CT molecular complexity index is 569. The van der Waals surface area contributed by atoms with Crippen molar-refractivity contribution in [1.29, 1.82) is 0 Å². The number of amidine groups is 1. The third-order valence-electron chi connectivity index (χ3n) is 2.06. The molecular weight excluding hydrogens is 385 g/mol. The van der Waals surface area contributed by atoms with Crippen molar-refractivity contribution in [2.75, 3.05) is 0 Å². The number of carboxylic acid groups (broad SMARTS) is 1. The molecule has 7 nitrogen and oxygen atoms in total. The second kappa shape index (κ2) is 6.19. The van der Waals surface area contributed by atoms with Crippen molar-refractivity contribution in [2.45, 2.75) is 11.7 Å². The number of furan rings is 1. The summed E-state index contributed by atoms with van der Waals surface area (Å²) in [4.78, 5) is 21.8. The Labute approximate surface area is 125 Å². The normalized spacial score (nSPS) is 21.2. The molecule has 1 fully saturated rings. The minimum Gasteiger partial charge on any atom is -0.550 e. The molecule has 19 heavy (non-hydrogen) atoms. The third-order valence-corrected chi connectivity index (χ3v) is 3.71. The Morgan fingerprint density at radius 2 is 2.42 bits per heavy atom. The standard InChI is InChI=1S/C10H8IN3O4S/c11-7-2-1-5(18-7)4-12-14-10-13-9(17)6(19-10)3-8(15)16/h1-2,4,6H,3H2,(H,15,16)(H,13,14,17)/p-1/b12-4-/t6-/m1/s1. The van der Waals surface area contributed by atoms with E-state index in [-0.39, 0.29) is 11.6 Å². The molecule has 1 aliphatic rings. The maximum atomic E-state index is 11.4. The smallest absolute Gasteiger partial charge is 0.239 e. The van der Waals surface area contributed by atoms with Crippen molar-refractivity contribution in [1.82, 2.24) is 5.32 Å². The highest BCUT2D eigenvalue weighted by molar-refractivity contribution is 14.1. The number of carboxylic acids is 1. The summed E-state index contributed by atoms with van der Waals surface area (Å²) in [5.74, 6) is -1.15. The van der Waals surface area contributed by atoms with E-state index in [0.717, 1.165) is 15.5 Å². The van der Waals surface area contributed by atoms with Crippen LogP contribution in [-0.4, -0.2) is 28.5 Å². The Morgan fingerprint density at radius 1 is 1.63 bits per heavy atom. The van der Waals surface area contributed by atoms with Crippen LogP contribution in [0.5, 0.6) is 0 Å². The van der Waals surface area contributed by atoms with Crippen LogP contribution in [0, 0.1) is 3.77 Å². The van der Waals surface area contributed by atoms with Gasteiger partial charge in [0.25, 0.3) is 0 Å². The maximum Gasteiger partial charge on any atom is 0.239 e. The minimum atomic E-state index is -1.28. The topological polar surface area (TPSA) is 107 Å². The zero-order valence-corrected chi connectivity index (χ0v) is 12.3. The van der Waals surface area contributed by atoms with Gasteiger partial charge in [-0.25, -0.2) is 0 Å².